The zero-order chi connectivity index (χ0) is 12.4. The van der Waals surface area contributed by atoms with Crippen LogP contribution in [0.1, 0.15) is 22.9 Å². The van der Waals surface area contributed by atoms with Crippen LogP contribution in [-0.2, 0) is 6.54 Å². The Morgan fingerprint density at radius 3 is 2.65 bits per heavy atom. The molecule has 3 N–H and O–H groups in total. The number of hydrogen-bond donors (Lipinski definition) is 2. The number of nitrogen functional groups attached to an aromatic ring is 1. The lowest BCUT2D eigenvalue weighted by Gasteiger charge is -2.07. The normalized spacial score (nSPS) is 10.5. The molecule has 0 amide bonds. The van der Waals surface area contributed by atoms with Gasteiger partial charge in [0, 0.05) is 0 Å². The molecule has 1 heterocycles. The van der Waals surface area contributed by atoms with Crippen molar-refractivity contribution in [2.45, 2.75) is 27.3 Å². The molecule has 1 aromatic heterocycles. The van der Waals surface area contributed by atoms with Gasteiger partial charge in [-0.15, -0.1) is 0 Å². The first-order valence-corrected chi connectivity index (χ1v) is 5.59. The molecule has 0 saturated heterocycles. The molecule has 0 saturated carbocycles. The number of nitrogens with zero attached hydrogens (tertiary/aromatic N) is 1. The molecule has 0 radical (unpaired) electrons. The van der Waals surface area contributed by atoms with Crippen molar-refractivity contribution >= 4 is 11.4 Å². The van der Waals surface area contributed by atoms with Crippen LogP contribution in [0.25, 0.3) is 0 Å². The van der Waals surface area contributed by atoms with Crippen LogP contribution in [0.4, 0.5) is 11.4 Å². The second kappa shape index (κ2) is 4.49. The quantitative estimate of drug-likeness (QED) is 0.797. The van der Waals surface area contributed by atoms with Crippen LogP contribution in [-0.4, -0.2) is 4.98 Å². The first-order valence-electron chi connectivity index (χ1n) is 5.59. The lowest BCUT2D eigenvalue weighted by molar-refractivity contribution is 0.478. The van der Waals surface area contributed by atoms with Crippen molar-refractivity contribution in [3.8, 4) is 0 Å². The summed E-state index contributed by atoms with van der Waals surface area (Å²) >= 11 is 0. The number of nitrogens with one attached hydrogen (secondary N) is 1. The summed E-state index contributed by atoms with van der Waals surface area (Å²) in [7, 11) is 0. The number of aryl methyl sites for hydroxylation is 3. The van der Waals surface area contributed by atoms with E-state index in [1.54, 1.807) is 0 Å². The molecule has 0 aliphatic heterocycles. The molecule has 0 unspecified atom stereocenters. The van der Waals surface area contributed by atoms with E-state index in [4.69, 9.17) is 10.2 Å². The zero-order valence-electron chi connectivity index (χ0n) is 10.4. The molecular formula is C13H17N3O. The fraction of sp³-hybridized carbons (Fsp3) is 0.308. The highest BCUT2D eigenvalue weighted by Crippen LogP contribution is 2.20. The molecular weight excluding hydrogens is 214 g/mol. The highest BCUT2D eigenvalue weighted by molar-refractivity contribution is 5.66. The summed E-state index contributed by atoms with van der Waals surface area (Å²) in [6.45, 7) is 6.40. The van der Waals surface area contributed by atoms with E-state index >= 15 is 0 Å². The summed E-state index contributed by atoms with van der Waals surface area (Å²) < 4.78 is 5.49. The van der Waals surface area contributed by atoms with Gasteiger partial charge in [-0.2, -0.15) is 0 Å². The summed E-state index contributed by atoms with van der Waals surface area (Å²) in [5.41, 5.74) is 9.63. The van der Waals surface area contributed by atoms with Crippen molar-refractivity contribution in [3.05, 3.63) is 41.1 Å². The Balaban J connectivity index is 2.07. The number of oxazole rings is 1. The van der Waals surface area contributed by atoms with Gasteiger partial charge in [0.2, 0.25) is 5.89 Å². The van der Waals surface area contributed by atoms with E-state index < -0.39 is 0 Å². The van der Waals surface area contributed by atoms with Crippen molar-refractivity contribution in [2.75, 3.05) is 11.1 Å². The van der Waals surface area contributed by atoms with Gasteiger partial charge in [-0.3, -0.25) is 0 Å². The summed E-state index contributed by atoms with van der Waals surface area (Å²) in [6.07, 6.45) is 0. The molecule has 0 atom stereocenters. The van der Waals surface area contributed by atoms with Crippen molar-refractivity contribution in [1.82, 2.24) is 4.98 Å². The molecule has 0 bridgehead atoms. The Labute approximate surface area is 101 Å². The second-order valence-electron chi connectivity index (χ2n) is 4.19. The largest absolute Gasteiger partial charge is 0.444 e. The average Bonchev–Trinajstić information content (AvgIpc) is 2.57. The second-order valence-corrected chi connectivity index (χ2v) is 4.19. The Kier molecular flexibility index (Phi) is 3.04. The Hall–Kier alpha value is -1.97. The van der Waals surface area contributed by atoms with Crippen LogP contribution in [0, 0.1) is 20.8 Å². The van der Waals surface area contributed by atoms with Gasteiger partial charge in [0.05, 0.1) is 23.6 Å². The van der Waals surface area contributed by atoms with Gasteiger partial charge in [-0.25, -0.2) is 4.98 Å². The number of nitrogens with two attached hydrogens (primary N) is 1. The van der Waals surface area contributed by atoms with Crippen molar-refractivity contribution < 1.29 is 4.42 Å². The van der Waals surface area contributed by atoms with Gasteiger partial charge in [-0.05, 0) is 38.5 Å². The first-order chi connectivity index (χ1) is 8.06. The van der Waals surface area contributed by atoms with Crippen LogP contribution in [0.5, 0.6) is 0 Å². The van der Waals surface area contributed by atoms with Gasteiger partial charge in [0.25, 0.3) is 0 Å². The Bertz CT molecular complexity index is 512. The molecule has 4 nitrogen and oxygen atoms in total. The molecule has 0 spiro atoms. The Morgan fingerprint density at radius 2 is 2.06 bits per heavy atom. The average molecular weight is 231 g/mol. The fourth-order valence-corrected chi connectivity index (χ4v) is 1.63. The van der Waals surface area contributed by atoms with Gasteiger partial charge >= 0.3 is 0 Å². The van der Waals surface area contributed by atoms with E-state index in [2.05, 4.69) is 10.3 Å². The summed E-state index contributed by atoms with van der Waals surface area (Å²) in [5.74, 6) is 1.54. The molecule has 0 aliphatic carbocycles. The Morgan fingerprint density at radius 1 is 1.29 bits per heavy atom. The minimum Gasteiger partial charge on any atom is -0.444 e. The molecule has 2 rings (SSSR count). The van der Waals surface area contributed by atoms with Crippen LogP contribution >= 0.6 is 0 Å². The van der Waals surface area contributed by atoms with Crippen molar-refractivity contribution in [3.63, 3.8) is 0 Å². The monoisotopic (exact) mass is 231 g/mol. The van der Waals surface area contributed by atoms with Gasteiger partial charge in [0.15, 0.2) is 0 Å². The number of benzene rings is 1. The lowest BCUT2D eigenvalue weighted by Crippen LogP contribution is -2.02. The third-order valence-corrected chi connectivity index (χ3v) is 2.71. The highest BCUT2D eigenvalue weighted by atomic mass is 16.4. The van der Waals surface area contributed by atoms with E-state index in [1.807, 2.05) is 39.0 Å². The van der Waals surface area contributed by atoms with Crippen LogP contribution in [0.3, 0.4) is 0 Å². The highest BCUT2D eigenvalue weighted by Gasteiger charge is 2.06. The molecule has 2 aromatic rings. The predicted octanol–water partition coefficient (Wildman–Crippen LogP) is 2.79. The summed E-state index contributed by atoms with van der Waals surface area (Å²) in [5, 5.41) is 3.22. The molecule has 4 heteroatoms. The summed E-state index contributed by atoms with van der Waals surface area (Å²) in [6, 6.07) is 5.92. The van der Waals surface area contributed by atoms with Crippen LogP contribution in [0.15, 0.2) is 22.6 Å². The number of rotatable bonds is 3. The number of aromatic nitrogens is 1. The summed E-state index contributed by atoms with van der Waals surface area (Å²) in [4.78, 5) is 4.30. The standard InChI is InChI=1S/C13H17N3O/c1-8-4-5-12(11(14)6-8)15-7-13-16-9(2)10(3)17-13/h4-6,15H,7,14H2,1-3H3. The van der Waals surface area contributed by atoms with Gasteiger partial charge in [-0.1, -0.05) is 6.07 Å². The van der Waals surface area contributed by atoms with E-state index in [0.717, 1.165) is 28.4 Å². The van der Waals surface area contributed by atoms with E-state index in [0.29, 0.717) is 12.4 Å². The maximum atomic E-state index is 5.91. The SMILES string of the molecule is Cc1ccc(NCc2nc(C)c(C)o2)c(N)c1. The van der Waals surface area contributed by atoms with Crippen molar-refractivity contribution in [2.24, 2.45) is 0 Å². The maximum absolute atomic E-state index is 5.91. The third kappa shape index (κ3) is 2.58. The topological polar surface area (TPSA) is 64.1 Å². The van der Waals surface area contributed by atoms with Crippen LogP contribution in [0.2, 0.25) is 0 Å². The van der Waals surface area contributed by atoms with E-state index in [9.17, 15) is 0 Å². The lowest BCUT2D eigenvalue weighted by atomic mass is 10.2. The predicted molar refractivity (Wildman–Crippen MR) is 68.9 cm³/mol. The number of hydrogen-bond acceptors (Lipinski definition) is 4. The molecule has 17 heavy (non-hydrogen) atoms. The zero-order valence-corrected chi connectivity index (χ0v) is 10.4. The minimum absolute atomic E-state index is 0.544. The fourth-order valence-electron chi connectivity index (χ4n) is 1.63. The minimum atomic E-state index is 0.544. The molecule has 90 valence electrons. The third-order valence-electron chi connectivity index (χ3n) is 2.71. The molecule has 0 fully saturated rings. The maximum Gasteiger partial charge on any atom is 0.213 e. The van der Waals surface area contributed by atoms with E-state index in [-0.39, 0.29) is 0 Å². The molecule has 0 aliphatic rings. The van der Waals surface area contributed by atoms with Gasteiger partial charge in [0.1, 0.15) is 5.76 Å². The van der Waals surface area contributed by atoms with Crippen LogP contribution < -0.4 is 11.1 Å². The van der Waals surface area contributed by atoms with E-state index in [1.165, 1.54) is 0 Å². The number of anilines is 2. The van der Waals surface area contributed by atoms with Crippen molar-refractivity contribution in [1.29, 1.82) is 0 Å². The van der Waals surface area contributed by atoms with Gasteiger partial charge < -0.3 is 15.5 Å². The smallest absolute Gasteiger partial charge is 0.213 e. The first kappa shape index (κ1) is 11.5. The molecule has 1 aromatic carbocycles.